The number of benzene rings is 3. The Morgan fingerprint density at radius 2 is 1.58 bits per heavy atom. The summed E-state index contributed by atoms with van der Waals surface area (Å²) in [7, 11) is 0. The highest BCUT2D eigenvalue weighted by atomic mass is 16.5. The van der Waals surface area contributed by atoms with Crippen LogP contribution in [0, 0.1) is 0 Å². The van der Waals surface area contributed by atoms with Crippen LogP contribution in [0.1, 0.15) is 12.0 Å². The molecule has 0 aliphatic heterocycles. The van der Waals surface area contributed by atoms with Gasteiger partial charge in [0.1, 0.15) is 18.1 Å². The molecule has 0 aliphatic rings. The first kappa shape index (κ1) is 22.0. The van der Waals surface area contributed by atoms with E-state index in [1.165, 1.54) is 5.56 Å². The summed E-state index contributed by atoms with van der Waals surface area (Å²) >= 11 is 0. The Kier molecular flexibility index (Phi) is 8.56. The molecule has 5 nitrogen and oxygen atoms in total. The lowest BCUT2D eigenvalue weighted by atomic mass is 10.1. The van der Waals surface area contributed by atoms with E-state index in [1.54, 1.807) is 12.1 Å². The lowest BCUT2D eigenvalue weighted by Gasteiger charge is -2.11. The molecule has 0 aromatic heterocycles. The summed E-state index contributed by atoms with van der Waals surface area (Å²) < 4.78 is 11.3. The van der Waals surface area contributed by atoms with Crippen molar-refractivity contribution in [1.29, 1.82) is 0 Å². The van der Waals surface area contributed by atoms with Crippen molar-refractivity contribution in [2.75, 3.05) is 30.4 Å². The minimum absolute atomic E-state index is 0.143. The quantitative estimate of drug-likeness (QED) is 0.310. The monoisotopic (exact) mass is 416 g/mol. The van der Waals surface area contributed by atoms with Crippen LogP contribution in [-0.4, -0.2) is 25.7 Å². The van der Waals surface area contributed by atoms with E-state index in [4.69, 9.17) is 9.47 Å². The average molecular weight is 417 g/mol. The summed E-state index contributed by atoms with van der Waals surface area (Å²) in [6.45, 7) is 4.84. The van der Waals surface area contributed by atoms with E-state index < -0.39 is 0 Å². The summed E-state index contributed by atoms with van der Waals surface area (Å²) in [6.07, 6.45) is 3.61. The molecule has 0 unspecified atom stereocenters. The first-order valence-electron chi connectivity index (χ1n) is 10.4. The fraction of sp³-hybridized carbons (Fsp3) is 0.192. The topological polar surface area (TPSA) is 59.6 Å². The Hall–Kier alpha value is -3.73. The summed E-state index contributed by atoms with van der Waals surface area (Å²) in [5, 5.41) is 6.00. The van der Waals surface area contributed by atoms with Crippen molar-refractivity contribution in [3.05, 3.63) is 97.1 Å². The summed E-state index contributed by atoms with van der Waals surface area (Å²) in [4.78, 5) is 12.3. The Morgan fingerprint density at radius 3 is 2.35 bits per heavy atom. The molecule has 3 aromatic carbocycles. The molecule has 0 saturated carbocycles. The number of aryl methyl sites for hydroxylation is 1. The molecule has 0 saturated heterocycles. The van der Waals surface area contributed by atoms with E-state index in [9.17, 15) is 4.79 Å². The molecule has 0 heterocycles. The van der Waals surface area contributed by atoms with Crippen molar-refractivity contribution in [1.82, 2.24) is 0 Å². The van der Waals surface area contributed by atoms with E-state index in [-0.39, 0.29) is 12.5 Å². The molecule has 160 valence electrons. The van der Waals surface area contributed by atoms with Gasteiger partial charge >= 0.3 is 0 Å². The van der Waals surface area contributed by atoms with Gasteiger partial charge < -0.3 is 20.1 Å². The number of amides is 1. The first-order valence-corrected chi connectivity index (χ1v) is 10.4. The standard InChI is InChI=1S/C26H28N2O3/c1-2-16-30-25-15-7-13-23(19-25)28-26(29)20-27-22-12-6-14-24(18-22)31-17-8-11-21-9-4-3-5-10-21/h2-7,9-10,12-15,18-19,27H,1,8,11,16-17,20H2,(H,28,29). The van der Waals surface area contributed by atoms with Crippen molar-refractivity contribution in [3.63, 3.8) is 0 Å². The van der Waals surface area contributed by atoms with E-state index >= 15 is 0 Å². The normalized spacial score (nSPS) is 10.2. The molecular formula is C26H28N2O3. The van der Waals surface area contributed by atoms with Gasteiger partial charge in [0.05, 0.1) is 13.2 Å². The SMILES string of the molecule is C=CCOc1cccc(NC(=O)CNc2cccc(OCCCc3ccccc3)c2)c1. The second-order valence-electron chi connectivity index (χ2n) is 6.99. The van der Waals surface area contributed by atoms with E-state index in [1.807, 2.05) is 48.5 Å². The van der Waals surface area contributed by atoms with Crippen molar-refractivity contribution >= 4 is 17.3 Å². The highest BCUT2D eigenvalue weighted by Gasteiger charge is 2.05. The molecule has 31 heavy (non-hydrogen) atoms. The van der Waals surface area contributed by atoms with Gasteiger partial charge in [-0.25, -0.2) is 0 Å². The molecule has 3 rings (SSSR count). The van der Waals surface area contributed by atoms with Crippen LogP contribution in [-0.2, 0) is 11.2 Å². The molecular weight excluding hydrogens is 388 g/mol. The Morgan fingerprint density at radius 1 is 0.871 bits per heavy atom. The maximum absolute atomic E-state index is 12.3. The van der Waals surface area contributed by atoms with Crippen LogP contribution in [0.15, 0.2) is 91.5 Å². The number of hydrogen-bond donors (Lipinski definition) is 2. The van der Waals surface area contributed by atoms with Crippen LogP contribution in [0.25, 0.3) is 0 Å². The maximum atomic E-state index is 12.3. The highest BCUT2D eigenvalue weighted by molar-refractivity contribution is 5.93. The van der Waals surface area contributed by atoms with Crippen molar-refractivity contribution in [2.45, 2.75) is 12.8 Å². The van der Waals surface area contributed by atoms with Gasteiger partial charge in [-0.15, -0.1) is 0 Å². The fourth-order valence-electron chi connectivity index (χ4n) is 3.01. The van der Waals surface area contributed by atoms with Gasteiger partial charge in [0.25, 0.3) is 0 Å². The summed E-state index contributed by atoms with van der Waals surface area (Å²) in [6, 6.07) is 25.3. The Labute approximate surface area is 183 Å². The second-order valence-corrected chi connectivity index (χ2v) is 6.99. The average Bonchev–Trinajstić information content (AvgIpc) is 2.80. The van der Waals surface area contributed by atoms with E-state index in [0.717, 1.165) is 24.3 Å². The molecule has 0 bridgehead atoms. The number of nitrogens with one attached hydrogen (secondary N) is 2. The zero-order chi connectivity index (χ0) is 21.7. The number of rotatable bonds is 12. The number of hydrogen-bond acceptors (Lipinski definition) is 4. The van der Waals surface area contributed by atoms with Crippen LogP contribution in [0.4, 0.5) is 11.4 Å². The summed E-state index contributed by atoms with van der Waals surface area (Å²) in [5.41, 5.74) is 2.83. The molecule has 0 spiro atoms. The number of carbonyl (C=O) groups excluding carboxylic acids is 1. The van der Waals surface area contributed by atoms with Gasteiger partial charge in [0.15, 0.2) is 0 Å². The summed E-state index contributed by atoms with van der Waals surface area (Å²) in [5.74, 6) is 1.32. The minimum Gasteiger partial charge on any atom is -0.494 e. The third-order valence-electron chi connectivity index (χ3n) is 4.49. The van der Waals surface area contributed by atoms with Crippen LogP contribution in [0.3, 0.4) is 0 Å². The van der Waals surface area contributed by atoms with Crippen molar-refractivity contribution in [3.8, 4) is 11.5 Å². The van der Waals surface area contributed by atoms with Crippen LogP contribution >= 0.6 is 0 Å². The molecule has 0 aliphatic carbocycles. The first-order chi connectivity index (χ1) is 15.2. The van der Waals surface area contributed by atoms with Gasteiger partial charge in [0, 0.05) is 23.5 Å². The Balaban J connectivity index is 1.42. The minimum atomic E-state index is -0.143. The van der Waals surface area contributed by atoms with Crippen LogP contribution < -0.4 is 20.1 Å². The van der Waals surface area contributed by atoms with Gasteiger partial charge in [-0.05, 0) is 42.7 Å². The predicted octanol–water partition coefficient (Wildman–Crippen LogP) is 5.31. The van der Waals surface area contributed by atoms with Gasteiger partial charge in [-0.2, -0.15) is 0 Å². The number of anilines is 2. The molecule has 0 fully saturated rings. The van der Waals surface area contributed by atoms with Gasteiger partial charge in [0.2, 0.25) is 5.91 Å². The zero-order valence-corrected chi connectivity index (χ0v) is 17.6. The van der Waals surface area contributed by atoms with E-state index in [2.05, 4.69) is 41.5 Å². The number of carbonyl (C=O) groups is 1. The van der Waals surface area contributed by atoms with Gasteiger partial charge in [-0.1, -0.05) is 55.1 Å². The molecule has 5 heteroatoms. The third-order valence-corrected chi connectivity index (χ3v) is 4.49. The van der Waals surface area contributed by atoms with Gasteiger partial charge in [-0.3, -0.25) is 4.79 Å². The Bertz CT molecular complexity index is 973. The molecule has 1 amide bonds. The lowest BCUT2D eigenvalue weighted by Crippen LogP contribution is -2.21. The number of ether oxygens (including phenoxy) is 2. The smallest absolute Gasteiger partial charge is 0.243 e. The second kappa shape index (κ2) is 12.1. The molecule has 0 atom stereocenters. The molecule has 3 aromatic rings. The predicted molar refractivity (Wildman–Crippen MR) is 126 cm³/mol. The third kappa shape index (κ3) is 7.90. The van der Waals surface area contributed by atoms with Crippen LogP contribution in [0.5, 0.6) is 11.5 Å². The largest absolute Gasteiger partial charge is 0.494 e. The van der Waals surface area contributed by atoms with Crippen molar-refractivity contribution in [2.24, 2.45) is 0 Å². The van der Waals surface area contributed by atoms with Crippen molar-refractivity contribution < 1.29 is 14.3 Å². The maximum Gasteiger partial charge on any atom is 0.243 e. The lowest BCUT2D eigenvalue weighted by molar-refractivity contribution is -0.114. The highest BCUT2D eigenvalue weighted by Crippen LogP contribution is 2.19. The zero-order valence-electron chi connectivity index (χ0n) is 17.6. The van der Waals surface area contributed by atoms with Crippen LogP contribution in [0.2, 0.25) is 0 Å². The molecule has 2 N–H and O–H groups in total. The molecule has 0 radical (unpaired) electrons. The fourth-order valence-corrected chi connectivity index (χ4v) is 3.01. The van der Waals surface area contributed by atoms with E-state index in [0.29, 0.717) is 24.7 Å².